The molecule has 130 valence electrons. The summed E-state index contributed by atoms with van der Waals surface area (Å²) in [4.78, 5) is 28.1. The van der Waals surface area contributed by atoms with E-state index >= 15 is 0 Å². The highest BCUT2D eigenvalue weighted by Gasteiger charge is 2.23. The molecule has 3 aromatic rings. The van der Waals surface area contributed by atoms with E-state index in [0.717, 1.165) is 15.8 Å². The molecule has 2 N–H and O–H groups in total. The van der Waals surface area contributed by atoms with Crippen molar-refractivity contribution in [1.82, 2.24) is 10.1 Å². The number of carbonyl (C=O) groups is 2. The highest BCUT2D eigenvalue weighted by molar-refractivity contribution is 7.22. The predicted molar refractivity (Wildman–Crippen MR) is 96.9 cm³/mol. The van der Waals surface area contributed by atoms with Gasteiger partial charge in [-0.05, 0) is 39.0 Å². The maximum atomic E-state index is 12.5. The van der Waals surface area contributed by atoms with E-state index in [1.165, 1.54) is 18.3 Å². The maximum absolute atomic E-state index is 12.5. The van der Waals surface area contributed by atoms with Crippen LogP contribution in [0.5, 0.6) is 0 Å². The van der Waals surface area contributed by atoms with Crippen molar-refractivity contribution >= 4 is 44.2 Å². The first-order valence-electron chi connectivity index (χ1n) is 7.77. The van der Waals surface area contributed by atoms with E-state index in [1.807, 2.05) is 26.0 Å². The third-order valence-electron chi connectivity index (χ3n) is 3.85. The van der Waals surface area contributed by atoms with Crippen LogP contribution in [0.2, 0.25) is 0 Å². The van der Waals surface area contributed by atoms with Crippen molar-refractivity contribution in [3.05, 3.63) is 35.2 Å². The van der Waals surface area contributed by atoms with E-state index < -0.39 is 5.92 Å². The lowest BCUT2D eigenvalue weighted by molar-refractivity contribution is -0.117. The Labute approximate surface area is 148 Å². The topological polar surface area (TPSA) is 97.1 Å². The number of amides is 2. The van der Waals surface area contributed by atoms with Gasteiger partial charge in [0, 0.05) is 18.2 Å². The third kappa shape index (κ3) is 3.53. The zero-order chi connectivity index (χ0) is 18.1. The fraction of sp³-hybridized carbons (Fsp3) is 0.294. The van der Waals surface area contributed by atoms with Crippen molar-refractivity contribution in [3.63, 3.8) is 0 Å². The van der Waals surface area contributed by atoms with Crippen molar-refractivity contribution in [2.75, 3.05) is 10.6 Å². The number of hydrogen-bond acceptors (Lipinski definition) is 6. The van der Waals surface area contributed by atoms with Crippen molar-refractivity contribution < 1.29 is 14.1 Å². The number of aryl methyl sites for hydroxylation is 2. The molecule has 1 unspecified atom stereocenters. The number of nitrogens with zero attached hydrogens (tertiary/aromatic N) is 2. The molecule has 0 saturated heterocycles. The van der Waals surface area contributed by atoms with Crippen LogP contribution in [-0.4, -0.2) is 22.0 Å². The van der Waals surface area contributed by atoms with E-state index in [1.54, 1.807) is 13.0 Å². The Bertz CT molecular complexity index is 941. The lowest BCUT2D eigenvalue weighted by atomic mass is 9.99. The molecule has 0 aliphatic heterocycles. The fourth-order valence-electron chi connectivity index (χ4n) is 2.71. The summed E-state index contributed by atoms with van der Waals surface area (Å²) in [6.45, 7) is 6.87. The van der Waals surface area contributed by atoms with Gasteiger partial charge >= 0.3 is 0 Å². The van der Waals surface area contributed by atoms with Gasteiger partial charge in [-0.2, -0.15) is 0 Å². The molecule has 0 radical (unpaired) electrons. The van der Waals surface area contributed by atoms with Gasteiger partial charge in [0.2, 0.25) is 11.8 Å². The second kappa shape index (κ2) is 6.64. The van der Waals surface area contributed by atoms with Gasteiger partial charge in [0.1, 0.15) is 5.76 Å². The minimum absolute atomic E-state index is 0.134. The van der Waals surface area contributed by atoms with Crippen LogP contribution in [0.15, 0.2) is 22.7 Å². The molecule has 0 fully saturated rings. The van der Waals surface area contributed by atoms with Gasteiger partial charge in [-0.25, -0.2) is 4.98 Å². The van der Waals surface area contributed by atoms with E-state index in [2.05, 4.69) is 20.8 Å². The number of fused-ring (bicyclic) bond motifs is 1. The lowest BCUT2D eigenvalue weighted by Gasteiger charge is -2.10. The van der Waals surface area contributed by atoms with Gasteiger partial charge in [0.05, 0.1) is 21.8 Å². The average Bonchev–Trinajstić information content (AvgIpc) is 3.08. The monoisotopic (exact) mass is 358 g/mol. The number of nitrogens with one attached hydrogen (secondary N) is 2. The molecule has 0 spiro atoms. The largest absolute Gasteiger partial charge is 0.361 e. The van der Waals surface area contributed by atoms with Gasteiger partial charge < -0.3 is 15.2 Å². The molecule has 7 nitrogen and oxygen atoms in total. The molecule has 2 amide bonds. The van der Waals surface area contributed by atoms with Crippen LogP contribution < -0.4 is 10.6 Å². The number of benzene rings is 1. The molecule has 2 heterocycles. The predicted octanol–water partition coefficient (Wildman–Crippen LogP) is 3.60. The van der Waals surface area contributed by atoms with Gasteiger partial charge in [0.15, 0.2) is 5.13 Å². The quantitative estimate of drug-likeness (QED) is 0.743. The average molecular weight is 358 g/mol. The van der Waals surface area contributed by atoms with E-state index in [9.17, 15) is 9.59 Å². The molecule has 2 aromatic heterocycles. The molecule has 0 aliphatic carbocycles. The van der Waals surface area contributed by atoms with Crippen LogP contribution in [0, 0.1) is 13.8 Å². The van der Waals surface area contributed by atoms with Crippen molar-refractivity contribution in [2.24, 2.45) is 0 Å². The Hall–Kier alpha value is -2.74. The molecule has 25 heavy (non-hydrogen) atoms. The molecule has 1 atom stereocenters. The first-order valence-corrected chi connectivity index (χ1v) is 8.58. The first kappa shape index (κ1) is 17.1. The Balaban J connectivity index is 1.80. The smallest absolute Gasteiger partial charge is 0.233 e. The normalized spacial score (nSPS) is 12.2. The number of rotatable bonds is 4. The SMILES string of the molecule is CC(=O)Nc1ccc2nc(NC(=O)C(C)c3c(C)noc3C)sc2c1. The molecular weight excluding hydrogens is 340 g/mol. The number of anilines is 2. The van der Waals surface area contributed by atoms with Gasteiger partial charge in [-0.15, -0.1) is 0 Å². The summed E-state index contributed by atoms with van der Waals surface area (Å²) < 4.78 is 6.01. The standard InChI is InChI=1S/C17H18N4O3S/c1-8(15-9(2)21-24-10(15)3)16(23)20-17-19-13-6-5-12(18-11(4)22)7-14(13)25-17/h5-8H,1-4H3,(H,18,22)(H,19,20,23). The van der Waals surface area contributed by atoms with E-state index in [-0.39, 0.29) is 11.8 Å². The van der Waals surface area contributed by atoms with Crippen LogP contribution in [-0.2, 0) is 9.59 Å². The molecule has 0 aliphatic rings. The lowest BCUT2D eigenvalue weighted by Crippen LogP contribution is -2.19. The summed E-state index contributed by atoms with van der Waals surface area (Å²) in [5.41, 5.74) is 2.97. The third-order valence-corrected chi connectivity index (χ3v) is 4.79. The Morgan fingerprint density at radius 2 is 2.00 bits per heavy atom. The number of aromatic nitrogens is 2. The molecule has 3 rings (SSSR count). The van der Waals surface area contributed by atoms with Gasteiger partial charge in [-0.3, -0.25) is 9.59 Å². The molecule has 0 bridgehead atoms. The Morgan fingerprint density at radius 3 is 2.64 bits per heavy atom. The van der Waals surface area contributed by atoms with Crippen LogP contribution in [0.4, 0.5) is 10.8 Å². The summed E-state index contributed by atoms with van der Waals surface area (Å²) >= 11 is 1.36. The number of carbonyl (C=O) groups excluding carboxylic acids is 2. The summed E-state index contributed by atoms with van der Waals surface area (Å²) in [6.07, 6.45) is 0. The zero-order valence-electron chi connectivity index (χ0n) is 14.3. The second-order valence-corrected chi connectivity index (χ2v) is 6.86. The maximum Gasteiger partial charge on any atom is 0.233 e. The van der Waals surface area contributed by atoms with Crippen LogP contribution in [0.25, 0.3) is 10.2 Å². The first-order chi connectivity index (χ1) is 11.8. The van der Waals surface area contributed by atoms with Gasteiger partial charge in [0.25, 0.3) is 0 Å². The van der Waals surface area contributed by atoms with Crippen LogP contribution in [0.1, 0.15) is 36.8 Å². The van der Waals surface area contributed by atoms with E-state index in [0.29, 0.717) is 22.3 Å². The number of hydrogen-bond donors (Lipinski definition) is 2. The molecule has 8 heteroatoms. The van der Waals surface area contributed by atoms with Crippen molar-refractivity contribution in [3.8, 4) is 0 Å². The molecular formula is C17H18N4O3S. The van der Waals surface area contributed by atoms with Crippen molar-refractivity contribution in [2.45, 2.75) is 33.6 Å². The second-order valence-electron chi connectivity index (χ2n) is 5.83. The fourth-order valence-corrected chi connectivity index (χ4v) is 3.62. The highest BCUT2D eigenvalue weighted by atomic mass is 32.1. The van der Waals surface area contributed by atoms with Crippen LogP contribution in [0.3, 0.4) is 0 Å². The highest BCUT2D eigenvalue weighted by Crippen LogP contribution is 2.30. The summed E-state index contributed by atoms with van der Waals surface area (Å²) in [5, 5.41) is 9.98. The Morgan fingerprint density at radius 1 is 1.24 bits per heavy atom. The molecule has 1 aromatic carbocycles. The summed E-state index contributed by atoms with van der Waals surface area (Å²) in [6, 6.07) is 5.42. The Kier molecular flexibility index (Phi) is 4.54. The number of thiazole rings is 1. The summed E-state index contributed by atoms with van der Waals surface area (Å²) in [7, 11) is 0. The van der Waals surface area contributed by atoms with Gasteiger partial charge in [-0.1, -0.05) is 16.5 Å². The molecule has 0 saturated carbocycles. The van der Waals surface area contributed by atoms with Crippen molar-refractivity contribution in [1.29, 1.82) is 0 Å². The van der Waals surface area contributed by atoms with E-state index in [4.69, 9.17) is 4.52 Å². The minimum Gasteiger partial charge on any atom is -0.361 e. The zero-order valence-corrected chi connectivity index (χ0v) is 15.2. The van der Waals surface area contributed by atoms with Crippen LogP contribution >= 0.6 is 11.3 Å². The minimum atomic E-state index is -0.395. The summed E-state index contributed by atoms with van der Waals surface area (Å²) in [5.74, 6) is -0.0566.